The summed E-state index contributed by atoms with van der Waals surface area (Å²) in [6.07, 6.45) is 2.15. The lowest BCUT2D eigenvalue weighted by Crippen LogP contribution is -2.51. The highest BCUT2D eigenvalue weighted by molar-refractivity contribution is 5.87. The Morgan fingerprint density at radius 3 is 2.79 bits per heavy atom. The van der Waals surface area contributed by atoms with E-state index in [1.165, 1.54) is 0 Å². The predicted octanol–water partition coefficient (Wildman–Crippen LogP) is 0.302. The highest BCUT2D eigenvalue weighted by atomic mass is 16.2. The van der Waals surface area contributed by atoms with E-state index in [0.29, 0.717) is 13.2 Å². The molecule has 2 fully saturated rings. The van der Waals surface area contributed by atoms with Crippen LogP contribution in [0.25, 0.3) is 0 Å². The maximum Gasteiger partial charge on any atom is 0.319 e. The van der Waals surface area contributed by atoms with Crippen molar-refractivity contribution in [3.63, 3.8) is 0 Å². The molecule has 19 heavy (non-hydrogen) atoms. The molecule has 0 aliphatic carbocycles. The average Bonchev–Trinajstić information content (AvgIpc) is 2.80. The fourth-order valence-corrected chi connectivity index (χ4v) is 2.74. The minimum Gasteiger partial charge on any atom is -0.334 e. The third-order valence-electron chi connectivity index (χ3n) is 3.97. The number of amides is 3. The highest BCUT2D eigenvalue weighted by Gasteiger charge is 2.31. The lowest BCUT2D eigenvalue weighted by atomic mass is 10.1. The van der Waals surface area contributed by atoms with Gasteiger partial charge in [0.2, 0.25) is 5.91 Å². The Labute approximate surface area is 114 Å². The summed E-state index contributed by atoms with van der Waals surface area (Å²) in [6.45, 7) is 8.43. The first-order valence-corrected chi connectivity index (χ1v) is 7.19. The van der Waals surface area contributed by atoms with Crippen LogP contribution < -0.4 is 5.32 Å². The Balaban J connectivity index is 1.83. The summed E-state index contributed by atoms with van der Waals surface area (Å²) in [5.74, 6) is 0.0384. The van der Waals surface area contributed by atoms with Gasteiger partial charge in [-0.05, 0) is 32.9 Å². The van der Waals surface area contributed by atoms with Crippen LogP contribution in [0.15, 0.2) is 0 Å². The zero-order chi connectivity index (χ0) is 13.8. The molecule has 2 aliphatic rings. The molecule has 2 rings (SSSR count). The molecule has 2 saturated heterocycles. The number of nitrogens with zero attached hydrogens (tertiary/aromatic N) is 3. The van der Waals surface area contributed by atoms with E-state index in [-0.39, 0.29) is 24.5 Å². The Morgan fingerprint density at radius 2 is 2.16 bits per heavy atom. The summed E-state index contributed by atoms with van der Waals surface area (Å²) < 4.78 is 0. The quantitative estimate of drug-likeness (QED) is 0.801. The SMILES string of the molecule is CCN1CCC[C@H](NC(=O)N2CC(=O)N(CC)C2)C1. The fraction of sp³-hybridized carbons (Fsp3) is 0.846. The second kappa shape index (κ2) is 6.23. The molecule has 0 aromatic rings. The first-order valence-electron chi connectivity index (χ1n) is 7.19. The van der Waals surface area contributed by atoms with Gasteiger partial charge in [0, 0.05) is 19.1 Å². The Hall–Kier alpha value is -1.30. The topological polar surface area (TPSA) is 55.9 Å². The van der Waals surface area contributed by atoms with E-state index in [9.17, 15) is 9.59 Å². The summed E-state index contributed by atoms with van der Waals surface area (Å²) in [6, 6.07) is 0.110. The van der Waals surface area contributed by atoms with Crippen molar-refractivity contribution in [1.29, 1.82) is 0 Å². The molecular formula is C13H24N4O2. The number of nitrogens with one attached hydrogen (secondary N) is 1. The second-order valence-corrected chi connectivity index (χ2v) is 5.27. The molecule has 0 saturated carbocycles. The zero-order valence-corrected chi connectivity index (χ0v) is 11.9. The normalized spacial score (nSPS) is 24.9. The molecule has 1 atom stereocenters. The Bertz CT molecular complexity index is 348. The zero-order valence-electron chi connectivity index (χ0n) is 11.9. The number of urea groups is 1. The first kappa shape index (κ1) is 14.1. The summed E-state index contributed by atoms with van der Waals surface area (Å²) in [4.78, 5) is 29.4. The molecule has 1 N–H and O–H groups in total. The van der Waals surface area contributed by atoms with Crippen LogP contribution in [0.2, 0.25) is 0 Å². The van der Waals surface area contributed by atoms with Crippen LogP contribution >= 0.6 is 0 Å². The van der Waals surface area contributed by atoms with Gasteiger partial charge in [-0.3, -0.25) is 9.69 Å². The van der Waals surface area contributed by atoms with E-state index >= 15 is 0 Å². The molecule has 0 spiro atoms. The van der Waals surface area contributed by atoms with Gasteiger partial charge in [-0.2, -0.15) is 0 Å². The van der Waals surface area contributed by atoms with Crippen LogP contribution in [0.1, 0.15) is 26.7 Å². The van der Waals surface area contributed by atoms with Gasteiger partial charge in [0.1, 0.15) is 6.54 Å². The number of likely N-dealkylation sites (N-methyl/N-ethyl adjacent to an activating group) is 2. The number of carbonyl (C=O) groups excluding carboxylic acids is 2. The molecule has 6 heteroatoms. The smallest absolute Gasteiger partial charge is 0.319 e. The number of piperidine rings is 1. The highest BCUT2D eigenvalue weighted by Crippen LogP contribution is 2.11. The first-order chi connectivity index (χ1) is 9.13. The average molecular weight is 268 g/mol. The number of hydrogen-bond acceptors (Lipinski definition) is 3. The molecule has 0 aromatic carbocycles. The second-order valence-electron chi connectivity index (χ2n) is 5.27. The van der Waals surface area contributed by atoms with Gasteiger partial charge in [-0.25, -0.2) is 4.79 Å². The minimum absolute atomic E-state index is 0.0384. The number of likely N-dealkylation sites (tertiary alicyclic amines) is 1. The summed E-state index contributed by atoms with van der Waals surface area (Å²) >= 11 is 0. The van der Waals surface area contributed by atoms with Crippen molar-refractivity contribution in [2.24, 2.45) is 0 Å². The van der Waals surface area contributed by atoms with Crippen molar-refractivity contribution < 1.29 is 9.59 Å². The minimum atomic E-state index is -0.104. The van der Waals surface area contributed by atoms with E-state index in [2.05, 4.69) is 17.1 Å². The van der Waals surface area contributed by atoms with Gasteiger partial charge >= 0.3 is 6.03 Å². The number of hydrogen-bond donors (Lipinski definition) is 1. The van der Waals surface area contributed by atoms with Crippen LogP contribution in [0, 0.1) is 0 Å². The lowest BCUT2D eigenvalue weighted by Gasteiger charge is -2.33. The molecular weight excluding hydrogens is 244 g/mol. The van der Waals surface area contributed by atoms with Gasteiger partial charge in [-0.1, -0.05) is 6.92 Å². The third kappa shape index (κ3) is 3.37. The largest absolute Gasteiger partial charge is 0.334 e. The van der Waals surface area contributed by atoms with E-state index in [4.69, 9.17) is 0 Å². The molecule has 2 heterocycles. The molecule has 2 aliphatic heterocycles. The summed E-state index contributed by atoms with van der Waals surface area (Å²) in [5.41, 5.74) is 0. The molecule has 0 radical (unpaired) electrons. The molecule has 6 nitrogen and oxygen atoms in total. The van der Waals surface area contributed by atoms with Gasteiger partial charge in [0.05, 0.1) is 6.67 Å². The van der Waals surface area contributed by atoms with Crippen molar-refractivity contribution in [2.75, 3.05) is 39.4 Å². The van der Waals surface area contributed by atoms with Crippen molar-refractivity contribution in [3.05, 3.63) is 0 Å². The molecule has 0 aromatic heterocycles. The molecule has 0 unspecified atom stereocenters. The lowest BCUT2D eigenvalue weighted by molar-refractivity contribution is -0.126. The molecule has 108 valence electrons. The van der Waals surface area contributed by atoms with Crippen LogP contribution in [-0.2, 0) is 4.79 Å². The number of carbonyl (C=O) groups is 2. The van der Waals surface area contributed by atoms with Gasteiger partial charge in [-0.15, -0.1) is 0 Å². The van der Waals surface area contributed by atoms with Crippen molar-refractivity contribution in [2.45, 2.75) is 32.7 Å². The van der Waals surface area contributed by atoms with Crippen LogP contribution in [-0.4, -0.2) is 72.1 Å². The fourth-order valence-electron chi connectivity index (χ4n) is 2.74. The Morgan fingerprint density at radius 1 is 1.37 bits per heavy atom. The third-order valence-corrected chi connectivity index (χ3v) is 3.97. The van der Waals surface area contributed by atoms with E-state index in [0.717, 1.165) is 32.5 Å². The standard InChI is InChI=1S/C13H24N4O2/c1-3-15-7-5-6-11(8-15)14-13(19)17-9-12(18)16(4-2)10-17/h11H,3-10H2,1-2H3,(H,14,19)/t11-/m0/s1. The van der Waals surface area contributed by atoms with Gasteiger partial charge < -0.3 is 15.1 Å². The monoisotopic (exact) mass is 268 g/mol. The van der Waals surface area contributed by atoms with Crippen LogP contribution in [0.4, 0.5) is 4.79 Å². The summed E-state index contributed by atoms with van der Waals surface area (Å²) in [7, 11) is 0. The molecule has 3 amide bonds. The van der Waals surface area contributed by atoms with E-state index in [1.807, 2.05) is 6.92 Å². The maximum absolute atomic E-state index is 12.1. The Kier molecular flexibility index (Phi) is 4.63. The maximum atomic E-state index is 12.1. The van der Waals surface area contributed by atoms with Crippen molar-refractivity contribution in [3.8, 4) is 0 Å². The van der Waals surface area contributed by atoms with Crippen LogP contribution in [0.3, 0.4) is 0 Å². The van der Waals surface area contributed by atoms with Gasteiger partial charge in [0.25, 0.3) is 0 Å². The predicted molar refractivity (Wildman–Crippen MR) is 72.6 cm³/mol. The molecule has 0 bridgehead atoms. The van der Waals surface area contributed by atoms with E-state index < -0.39 is 0 Å². The van der Waals surface area contributed by atoms with E-state index in [1.54, 1.807) is 9.80 Å². The number of rotatable bonds is 3. The summed E-state index contributed by atoms with van der Waals surface area (Å²) in [5, 5.41) is 3.06. The van der Waals surface area contributed by atoms with Crippen LogP contribution in [0.5, 0.6) is 0 Å². The van der Waals surface area contributed by atoms with Gasteiger partial charge in [0.15, 0.2) is 0 Å². The van der Waals surface area contributed by atoms with Crippen molar-refractivity contribution >= 4 is 11.9 Å². The van der Waals surface area contributed by atoms with Crippen molar-refractivity contribution in [1.82, 2.24) is 20.0 Å².